The molecule has 1 fully saturated rings. The molecule has 3 nitrogen and oxygen atoms in total. The van der Waals surface area contributed by atoms with Crippen molar-refractivity contribution in [2.24, 2.45) is 0 Å². The molecule has 4 heteroatoms. The van der Waals surface area contributed by atoms with E-state index in [1.165, 1.54) is 32.1 Å². The molecule has 1 aliphatic carbocycles. The maximum atomic E-state index is 12.0. The summed E-state index contributed by atoms with van der Waals surface area (Å²) in [6, 6.07) is 5.65. The number of hydrogen-bond donors (Lipinski definition) is 1. The van der Waals surface area contributed by atoms with Gasteiger partial charge >= 0.3 is 0 Å². The van der Waals surface area contributed by atoms with E-state index in [0.29, 0.717) is 18.2 Å². The predicted molar refractivity (Wildman–Crippen MR) is 88.7 cm³/mol. The quantitative estimate of drug-likeness (QED) is 0.777. The Kier molecular flexibility index (Phi) is 6.71. The van der Waals surface area contributed by atoms with Crippen LogP contribution in [0.5, 0.6) is 0 Å². The Hall–Kier alpha value is -0.870. The van der Waals surface area contributed by atoms with Crippen LogP contribution < -0.4 is 5.32 Å². The van der Waals surface area contributed by atoms with E-state index in [4.69, 9.17) is 4.74 Å². The Morgan fingerprint density at radius 1 is 1.33 bits per heavy atom. The van der Waals surface area contributed by atoms with Gasteiger partial charge in [-0.1, -0.05) is 35.2 Å². The molecule has 1 saturated carbocycles. The van der Waals surface area contributed by atoms with Gasteiger partial charge in [-0.3, -0.25) is 4.79 Å². The smallest absolute Gasteiger partial charge is 0.251 e. The van der Waals surface area contributed by atoms with Gasteiger partial charge in [-0.15, -0.1) is 0 Å². The van der Waals surface area contributed by atoms with Crippen LogP contribution in [0, 0.1) is 6.92 Å². The van der Waals surface area contributed by atoms with Crippen molar-refractivity contribution in [3.05, 3.63) is 33.8 Å². The summed E-state index contributed by atoms with van der Waals surface area (Å²) in [6.07, 6.45) is 7.66. The lowest BCUT2D eigenvalue weighted by atomic mass is 9.98. The number of benzene rings is 1. The normalized spacial score (nSPS) is 15.9. The van der Waals surface area contributed by atoms with Crippen LogP contribution >= 0.6 is 15.9 Å². The van der Waals surface area contributed by atoms with Crippen molar-refractivity contribution in [3.8, 4) is 0 Å². The van der Waals surface area contributed by atoms with Gasteiger partial charge in [0.2, 0.25) is 0 Å². The lowest BCUT2D eigenvalue weighted by Gasteiger charge is -2.21. The first-order chi connectivity index (χ1) is 10.2. The second-order valence-electron chi connectivity index (χ2n) is 5.70. The summed E-state index contributed by atoms with van der Waals surface area (Å²) in [5.74, 6) is -0.0109. The molecule has 0 aliphatic heterocycles. The van der Waals surface area contributed by atoms with Gasteiger partial charge in [0.05, 0.1) is 6.10 Å². The summed E-state index contributed by atoms with van der Waals surface area (Å²) in [5, 5.41) is 2.95. The van der Waals surface area contributed by atoms with Crippen LogP contribution in [0.1, 0.15) is 54.4 Å². The minimum atomic E-state index is -0.0109. The Morgan fingerprint density at radius 2 is 2.10 bits per heavy atom. The van der Waals surface area contributed by atoms with Crippen LogP contribution in [-0.2, 0) is 4.74 Å². The fourth-order valence-electron chi connectivity index (χ4n) is 2.64. The van der Waals surface area contributed by atoms with Crippen molar-refractivity contribution in [2.75, 3.05) is 13.2 Å². The molecule has 0 spiro atoms. The van der Waals surface area contributed by atoms with Crippen LogP contribution in [0.4, 0.5) is 0 Å². The lowest BCUT2D eigenvalue weighted by molar-refractivity contribution is 0.0273. The third kappa shape index (κ3) is 5.44. The largest absolute Gasteiger partial charge is 0.378 e. The Morgan fingerprint density at radius 3 is 2.81 bits per heavy atom. The highest BCUT2D eigenvalue weighted by atomic mass is 79.9. The van der Waals surface area contributed by atoms with Gasteiger partial charge < -0.3 is 10.1 Å². The van der Waals surface area contributed by atoms with Crippen molar-refractivity contribution in [2.45, 2.75) is 51.6 Å². The van der Waals surface area contributed by atoms with E-state index in [0.717, 1.165) is 23.1 Å². The Bertz CT molecular complexity index is 470. The highest BCUT2D eigenvalue weighted by Gasteiger charge is 2.13. The Labute approximate surface area is 135 Å². The van der Waals surface area contributed by atoms with Crippen LogP contribution in [0.3, 0.4) is 0 Å². The molecule has 1 aromatic rings. The van der Waals surface area contributed by atoms with E-state index in [9.17, 15) is 4.79 Å². The second-order valence-corrected chi connectivity index (χ2v) is 6.56. The monoisotopic (exact) mass is 353 g/mol. The zero-order valence-electron chi connectivity index (χ0n) is 12.7. The van der Waals surface area contributed by atoms with Gasteiger partial charge in [0.15, 0.2) is 0 Å². The molecule has 0 bridgehead atoms. The fraction of sp³-hybridized carbons (Fsp3) is 0.588. The van der Waals surface area contributed by atoms with Gasteiger partial charge in [0.1, 0.15) is 0 Å². The number of hydrogen-bond acceptors (Lipinski definition) is 2. The maximum absolute atomic E-state index is 12.0. The number of halogens is 1. The molecular formula is C17H24BrNO2. The molecule has 1 amide bonds. The topological polar surface area (TPSA) is 38.3 Å². The summed E-state index contributed by atoms with van der Waals surface area (Å²) in [5.41, 5.74) is 1.78. The molecule has 1 aliphatic rings. The number of rotatable bonds is 6. The molecule has 0 saturated heterocycles. The second kappa shape index (κ2) is 8.54. The van der Waals surface area contributed by atoms with Gasteiger partial charge in [-0.25, -0.2) is 0 Å². The van der Waals surface area contributed by atoms with E-state index < -0.39 is 0 Å². The molecule has 21 heavy (non-hydrogen) atoms. The van der Waals surface area contributed by atoms with E-state index in [2.05, 4.69) is 21.2 Å². The van der Waals surface area contributed by atoms with Crippen molar-refractivity contribution in [3.63, 3.8) is 0 Å². The van der Waals surface area contributed by atoms with E-state index in [1.54, 1.807) is 0 Å². The van der Waals surface area contributed by atoms with Crippen molar-refractivity contribution < 1.29 is 9.53 Å². The first-order valence-electron chi connectivity index (χ1n) is 7.83. The third-order valence-corrected chi connectivity index (χ3v) is 4.82. The number of ether oxygens (including phenoxy) is 1. The molecule has 0 atom stereocenters. The molecule has 116 valence electrons. The van der Waals surface area contributed by atoms with E-state index in [1.807, 2.05) is 25.1 Å². The summed E-state index contributed by atoms with van der Waals surface area (Å²) >= 11 is 3.44. The maximum Gasteiger partial charge on any atom is 0.251 e. The minimum Gasteiger partial charge on any atom is -0.378 e. The Balaban J connectivity index is 1.63. The number of carbonyl (C=O) groups excluding carboxylic acids is 1. The summed E-state index contributed by atoms with van der Waals surface area (Å²) in [7, 11) is 0. The standard InChI is InChI=1S/C17H24BrNO2/c1-13-12-14(8-9-16(13)18)17(20)19-10-5-11-21-15-6-3-2-4-7-15/h8-9,12,15H,2-7,10-11H2,1H3,(H,19,20). The van der Waals surface area contributed by atoms with Gasteiger partial charge in [-0.2, -0.15) is 0 Å². The first-order valence-corrected chi connectivity index (χ1v) is 8.62. The summed E-state index contributed by atoms with van der Waals surface area (Å²) in [4.78, 5) is 12.0. The summed E-state index contributed by atoms with van der Waals surface area (Å²) < 4.78 is 6.88. The van der Waals surface area contributed by atoms with E-state index >= 15 is 0 Å². The molecular weight excluding hydrogens is 330 g/mol. The summed E-state index contributed by atoms with van der Waals surface area (Å²) in [6.45, 7) is 3.39. The fourth-order valence-corrected chi connectivity index (χ4v) is 2.89. The van der Waals surface area contributed by atoms with Gasteiger partial charge in [0.25, 0.3) is 5.91 Å². The first kappa shape index (κ1) is 16.5. The number of aryl methyl sites for hydroxylation is 1. The molecule has 1 N–H and O–H groups in total. The van der Waals surface area contributed by atoms with Crippen LogP contribution in [0.25, 0.3) is 0 Å². The molecule has 1 aromatic carbocycles. The zero-order valence-corrected chi connectivity index (χ0v) is 14.2. The highest BCUT2D eigenvalue weighted by Crippen LogP contribution is 2.20. The van der Waals surface area contributed by atoms with Crippen molar-refractivity contribution in [1.82, 2.24) is 5.32 Å². The average molecular weight is 354 g/mol. The molecule has 0 unspecified atom stereocenters. The molecule has 2 rings (SSSR count). The van der Waals surface area contributed by atoms with Crippen LogP contribution in [0.2, 0.25) is 0 Å². The SMILES string of the molecule is Cc1cc(C(=O)NCCCOC2CCCCC2)ccc1Br. The highest BCUT2D eigenvalue weighted by molar-refractivity contribution is 9.10. The number of nitrogens with one attached hydrogen (secondary N) is 1. The lowest BCUT2D eigenvalue weighted by Crippen LogP contribution is -2.26. The van der Waals surface area contributed by atoms with Crippen LogP contribution in [-0.4, -0.2) is 25.2 Å². The van der Waals surface area contributed by atoms with Crippen molar-refractivity contribution in [1.29, 1.82) is 0 Å². The van der Waals surface area contributed by atoms with Gasteiger partial charge in [-0.05, 0) is 49.9 Å². The predicted octanol–water partition coefficient (Wildman–Crippen LogP) is 4.23. The zero-order chi connectivity index (χ0) is 15.1. The molecule has 0 heterocycles. The number of amides is 1. The van der Waals surface area contributed by atoms with Crippen LogP contribution in [0.15, 0.2) is 22.7 Å². The van der Waals surface area contributed by atoms with E-state index in [-0.39, 0.29) is 5.91 Å². The average Bonchev–Trinajstić information content (AvgIpc) is 2.50. The minimum absolute atomic E-state index is 0.0109. The van der Waals surface area contributed by atoms with Gasteiger partial charge in [0, 0.05) is 23.2 Å². The molecule has 0 radical (unpaired) electrons. The third-order valence-electron chi connectivity index (χ3n) is 3.93. The van der Waals surface area contributed by atoms with Crippen molar-refractivity contribution >= 4 is 21.8 Å². The molecule has 0 aromatic heterocycles. The number of carbonyl (C=O) groups is 1.